The van der Waals surface area contributed by atoms with Gasteiger partial charge in [0, 0.05) is 11.8 Å². The van der Waals surface area contributed by atoms with Crippen molar-refractivity contribution in [3.63, 3.8) is 0 Å². The van der Waals surface area contributed by atoms with E-state index in [-0.39, 0.29) is 19.8 Å². The lowest BCUT2D eigenvalue weighted by Gasteiger charge is -2.20. The minimum absolute atomic E-state index is 0.181. The minimum Gasteiger partial charge on any atom is -0.481 e. The van der Waals surface area contributed by atoms with Gasteiger partial charge in [0.1, 0.15) is 0 Å². The zero-order valence-electron chi connectivity index (χ0n) is 18.4. The van der Waals surface area contributed by atoms with E-state index in [1.165, 1.54) is 70.6 Å². The second-order valence-corrected chi connectivity index (χ2v) is 8.01. The van der Waals surface area contributed by atoms with Crippen molar-refractivity contribution in [1.82, 2.24) is 0 Å². The van der Waals surface area contributed by atoms with Crippen LogP contribution in [0.4, 0.5) is 0 Å². The molecule has 28 heavy (non-hydrogen) atoms. The summed E-state index contributed by atoms with van der Waals surface area (Å²) in [5, 5.41) is 33.9. The van der Waals surface area contributed by atoms with Crippen LogP contribution in [-0.2, 0) is 4.79 Å². The SMILES string of the molecule is CC(CO)(CO)CO.CCCCCCCCC=CCCCCCCCC(=O)O. The molecule has 0 bridgehead atoms. The highest BCUT2D eigenvalue weighted by Crippen LogP contribution is 2.11. The first-order valence-electron chi connectivity index (χ1n) is 11.1. The van der Waals surface area contributed by atoms with Crippen LogP contribution >= 0.6 is 0 Å². The van der Waals surface area contributed by atoms with Crippen LogP contribution in [0.15, 0.2) is 12.2 Å². The fourth-order valence-corrected chi connectivity index (χ4v) is 2.50. The standard InChI is InChI=1S/C18H34O2.C5H12O3/c1-2-3-4-5-6-7-8-9-10-11-12-13-14-15-16-17-18(19)20;1-5(2-6,3-7)4-8/h9-10H,2-8,11-17H2,1H3,(H,19,20);6-8H,2-4H2,1H3. The van der Waals surface area contributed by atoms with E-state index in [4.69, 9.17) is 20.4 Å². The maximum atomic E-state index is 10.3. The van der Waals surface area contributed by atoms with Crippen LogP contribution in [0, 0.1) is 5.41 Å². The van der Waals surface area contributed by atoms with Crippen molar-refractivity contribution in [2.45, 2.75) is 104 Å². The molecule has 0 aliphatic heterocycles. The Labute approximate surface area is 172 Å². The number of unbranched alkanes of at least 4 members (excludes halogenated alkanes) is 11. The van der Waals surface area contributed by atoms with Gasteiger partial charge in [0.25, 0.3) is 0 Å². The average molecular weight is 403 g/mol. The number of aliphatic hydroxyl groups is 3. The maximum Gasteiger partial charge on any atom is 0.303 e. The Morgan fingerprint density at radius 1 is 0.714 bits per heavy atom. The molecule has 0 aromatic rings. The topological polar surface area (TPSA) is 98.0 Å². The third kappa shape index (κ3) is 23.1. The van der Waals surface area contributed by atoms with Gasteiger partial charge in [0.05, 0.1) is 19.8 Å². The lowest BCUT2D eigenvalue weighted by atomic mass is 9.95. The summed E-state index contributed by atoms with van der Waals surface area (Å²) in [6.07, 6.45) is 21.2. The quantitative estimate of drug-likeness (QED) is 0.189. The van der Waals surface area contributed by atoms with Crippen molar-refractivity contribution >= 4 is 5.97 Å². The van der Waals surface area contributed by atoms with Crippen molar-refractivity contribution in [3.8, 4) is 0 Å². The van der Waals surface area contributed by atoms with Crippen molar-refractivity contribution in [2.75, 3.05) is 19.8 Å². The Bertz CT molecular complexity index is 343. The van der Waals surface area contributed by atoms with Crippen molar-refractivity contribution < 1.29 is 25.2 Å². The van der Waals surface area contributed by atoms with E-state index in [1.54, 1.807) is 6.92 Å². The fourth-order valence-electron chi connectivity index (χ4n) is 2.50. The smallest absolute Gasteiger partial charge is 0.303 e. The van der Waals surface area contributed by atoms with Gasteiger partial charge in [-0.3, -0.25) is 4.79 Å². The van der Waals surface area contributed by atoms with Gasteiger partial charge in [-0.1, -0.05) is 77.4 Å². The molecule has 0 aromatic carbocycles. The molecule has 0 saturated carbocycles. The summed E-state index contributed by atoms with van der Waals surface area (Å²) in [5.41, 5.74) is -0.708. The molecule has 5 heteroatoms. The molecule has 0 radical (unpaired) electrons. The molecule has 0 rings (SSSR count). The highest BCUT2D eigenvalue weighted by atomic mass is 16.4. The normalized spacial score (nSPS) is 11.5. The van der Waals surface area contributed by atoms with Crippen LogP contribution in [-0.4, -0.2) is 46.2 Å². The van der Waals surface area contributed by atoms with Gasteiger partial charge in [0.15, 0.2) is 0 Å². The molecule has 0 aromatic heterocycles. The second-order valence-electron chi connectivity index (χ2n) is 8.01. The molecule has 168 valence electrons. The lowest BCUT2D eigenvalue weighted by Crippen LogP contribution is -2.29. The Balaban J connectivity index is 0. The van der Waals surface area contributed by atoms with E-state index in [0.29, 0.717) is 6.42 Å². The second kappa shape index (κ2) is 22.4. The zero-order chi connectivity index (χ0) is 21.5. The van der Waals surface area contributed by atoms with Crippen molar-refractivity contribution in [1.29, 1.82) is 0 Å². The number of aliphatic hydroxyl groups excluding tert-OH is 3. The number of aliphatic carboxylic acids is 1. The summed E-state index contributed by atoms with van der Waals surface area (Å²) in [4.78, 5) is 10.3. The summed E-state index contributed by atoms with van der Waals surface area (Å²) >= 11 is 0. The van der Waals surface area contributed by atoms with E-state index in [9.17, 15) is 4.79 Å². The highest BCUT2D eigenvalue weighted by Gasteiger charge is 2.20. The number of hydrogen-bond donors (Lipinski definition) is 4. The molecule has 0 atom stereocenters. The zero-order valence-corrected chi connectivity index (χ0v) is 18.4. The number of allylic oxidation sites excluding steroid dienone is 2. The van der Waals surface area contributed by atoms with Crippen LogP contribution in [0.3, 0.4) is 0 Å². The Kier molecular flexibility index (Phi) is 23.4. The Hall–Kier alpha value is -0.910. The third-order valence-electron chi connectivity index (χ3n) is 4.80. The molecule has 0 aliphatic rings. The van der Waals surface area contributed by atoms with Gasteiger partial charge >= 0.3 is 5.97 Å². The molecular formula is C23H46O5. The largest absolute Gasteiger partial charge is 0.481 e. The summed E-state index contributed by atoms with van der Waals surface area (Å²) in [5.74, 6) is -0.664. The van der Waals surface area contributed by atoms with Gasteiger partial charge in [-0.15, -0.1) is 0 Å². The molecule has 0 unspecified atom stereocenters. The lowest BCUT2D eigenvalue weighted by molar-refractivity contribution is -0.137. The minimum atomic E-state index is -0.708. The molecule has 0 spiro atoms. The first-order chi connectivity index (χ1) is 13.5. The molecule has 4 N–H and O–H groups in total. The maximum absolute atomic E-state index is 10.3. The van der Waals surface area contributed by atoms with Crippen LogP contribution in [0.25, 0.3) is 0 Å². The van der Waals surface area contributed by atoms with Gasteiger partial charge in [-0.05, 0) is 32.1 Å². The molecule has 0 aliphatic carbocycles. The number of carboxylic acids is 1. The molecule has 0 amide bonds. The van der Waals surface area contributed by atoms with Crippen LogP contribution in [0.1, 0.15) is 104 Å². The van der Waals surface area contributed by atoms with Gasteiger partial charge in [-0.2, -0.15) is 0 Å². The predicted molar refractivity (Wildman–Crippen MR) is 116 cm³/mol. The Morgan fingerprint density at radius 3 is 1.46 bits per heavy atom. The first-order valence-corrected chi connectivity index (χ1v) is 11.1. The van der Waals surface area contributed by atoms with Crippen molar-refractivity contribution in [2.24, 2.45) is 5.41 Å². The van der Waals surface area contributed by atoms with E-state index < -0.39 is 11.4 Å². The Morgan fingerprint density at radius 2 is 1.11 bits per heavy atom. The van der Waals surface area contributed by atoms with Crippen LogP contribution in [0.5, 0.6) is 0 Å². The predicted octanol–water partition coefficient (Wildman–Crippen LogP) is 5.08. The highest BCUT2D eigenvalue weighted by molar-refractivity contribution is 5.66. The summed E-state index contributed by atoms with van der Waals surface area (Å²) < 4.78 is 0. The van der Waals surface area contributed by atoms with Gasteiger partial charge in [0.2, 0.25) is 0 Å². The molecule has 0 heterocycles. The molecule has 0 fully saturated rings. The van der Waals surface area contributed by atoms with E-state index >= 15 is 0 Å². The monoisotopic (exact) mass is 402 g/mol. The van der Waals surface area contributed by atoms with Gasteiger partial charge in [-0.25, -0.2) is 0 Å². The summed E-state index contributed by atoms with van der Waals surface area (Å²) in [6, 6.07) is 0. The van der Waals surface area contributed by atoms with Gasteiger partial charge < -0.3 is 20.4 Å². The molecular weight excluding hydrogens is 356 g/mol. The van der Waals surface area contributed by atoms with Crippen LogP contribution in [0.2, 0.25) is 0 Å². The number of carbonyl (C=O) groups is 1. The van der Waals surface area contributed by atoms with E-state index in [2.05, 4.69) is 19.1 Å². The molecule has 5 nitrogen and oxygen atoms in total. The number of rotatable bonds is 18. The van der Waals surface area contributed by atoms with Crippen molar-refractivity contribution in [3.05, 3.63) is 12.2 Å². The summed E-state index contributed by atoms with van der Waals surface area (Å²) in [6.45, 7) is 3.32. The number of carboxylic acid groups (broad SMARTS) is 1. The molecule has 0 saturated heterocycles. The fraction of sp³-hybridized carbons (Fsp3) is 0.870. The third-order valence-corrected chi connectivity index (χ3v) is 4.80. The number of hydrogen-bond acceptors (Lipinski definition) is 4. The average Bonchev–Trinajstić information content (AvgIpc) is 2.70. The van der Waals surface area contributed by atoms with Crippen LogP contribution < -0.4 is 0 Å². The van der Waals surface area contributed by atoms with E-state index in [1.807, 2.05) is 0 Å². The van der Waals surface area contributed by atoms with E-state index in [0.717, 1.165) is 12.8 Å². The first kappa shape index (κ1) is 29.3. The summed E-state index contributed by atoms with van der Waals surface area (Å²) in [7, 11) is 0.